The minimum absolute atomic E-state index is 0.161. The number of aryl methyl sites for hydroxylation is 1. The van der Waals surface area contributed by atoms with Crippen LogP contribution in [0.4, 0.5) is 0 Å². The lowest BCUT2D eigenvalue weighted by Crippen LogP contribution is -2.00. The van der Waals surface area contributed by atoms with Crippen molar-refractivity contribution < 1.29 is 5.11 Å². The van der Waals surface area contributed by atoms with Crippen LogP contribution < -0.4 is 0 Å². The predicted octanol–water partition coefficient (Wildman–Crippen LogP) is 5.24. The van der Waals surface area contributed by atoms with Gasteiger partial charge in [-0.25, -0.2) is 0 Å². The molecule has 0 aliphatic heterocycles. The van der Waals surface area contributed by atoms with E-state index < -0.39 is 0 Å². The van der Waals surface area contributed by atoms with Crippen LogP contribution in [0.2, 0.25) is 0 Å². The van der Waals surface area contributed by atoms with Crippen LogP contribution in [0.15, 0.2) is 24.8 Å². The van der Waals surface area contributed by atoms with Gasteiger partial charge in [0.2, 0.25) is 0 Å². The second-order valence-electron chi connectivity index (χ2n) is 6.79. The number of rotatable bonds is 3. The highest BCUT2D eigenvalue weighted by atomic mass is 16.3. The molecule has 0 atom stereocenters. The van der Waals surface area contributed by atoms with Crippen molar-refractivity contribution in [1.82, 2.24) is 4.57 Å². The number of hydrogen-bond donors (Lipinski definition) is 1. The third-order valence-corrected chi connectivity index (χ3v) is 5.35. The first-order valence-corrected chi connectivity index (χ1v) is 8.17. The summed E-state index contributed by atoms with van der Waals surface area (Å²) in [6.45, 7) is 3.66. The van der Waals surface area contributed by atoms with Gasteiger partial charge in [-0.3, -0.25) is 0 Å². The van der Waals surface area contributed by atoms with Crippen molar-refractivity contribution in [2.75, 3.05) is 0 Å². The molecule has 0 bridgehead atoms. The molecule has 1 heterocycles. The largest absolute Gasteiger partial charge is 0.508 e. The van der Waals surface area contributed by atoms with E-state index in [9.17, 15) is 5.11 Å². The van der Waals surface area contributed by atoms with Gasteiger partial charge in [0.15, 0.2) is 0 Å². The maximum Gasteiger partial charge on any atom is 0.115 e. The van der Waals surface area contributed by atoms with Gasteiger partial charge in [-0.2, -0.15) is 0 Å². The Balaban J connectivity index is 1.96. The molecule has 1 aromatic carbocycles. The molecule has 2 saturated carbocycles. The Morgan fingerprint density at radius 2 is 1.86 bits per heavy atom. The molecule has 110 valence electrons. The van der Waals surface area contributed by atoms with Gasteiger partial charge in [0.05, 0.1) is 0 Å². The standard InChI is InChI=1S/C19H23NO/c1-12(21)15-9-10-16-17(11-15)20(2)19(14-7-8-14)18(16)13-5-3-4-6-13/h9-11,13-14,21H,1,3-8H2,2H3. The lowest BCUT2D eigenvalue weighted by molar-refractivity contribution is 0.514. The molecule has 0 spiro atoms. The summed E-state index contributed by atoms with van der Waals surface area (Å²) in [4.78, 5) is 0. The van der Waals surface area contributed by atoms with Crippen molar-refractivity contribution in [2.24, 2.45) is 7.05 Å². The topological polar surface area (TPSA) is 25.2 Å². The molecular weight excluding hydrogens is 258 g/mol. The summed E-state index contributed by atoms with van der Waals surface area (Å²) in [7, 11) is 2.19. The predicted molar refractivity (Wildman–Crippen MR) is 87.8 cm³/mol. The molecule has 2 fully saturated rings. The first-order chi connectivity index (χ1) is 10.2. The van der Waals surface area contributed by atoms with E-state index >= 15 is 0 Å². The molecule has 2 aliphatic rings. The summed E-state index contributed by atoms with van der Waals surface area (Å²) in [5.41, 5.74) is 5.27. The van der Waals surface area contributed by atoms with Crippen LogP contribution in [0.25, 0.3) is 16.7 Å². The van der Waals surface area contributed by atoms with Gasteiger partial charge >= 0.3 is 0 Å². The van der Waals surface area contributed by atoms with E-state index in [1.807, 2.05) is 6.07 Å². The quantitative estimate of drug-likeness (QED) is 0.764. The van der Waals surface area contributed by atoms with Gasteiger partial charge in [0.1, 0.15) is 5.76 Å². The van der Waals surface area contributed by atoms with Gasteiger partial charge in [-0.1, -0.05) is 31.6 Å². The van der Waals surface area contributed by atoms with Gasteiger partial charge in [-0.05, 0) is 49.1 Å². The first-order valence-electron chi connectivity index (χ1n) is 8.17. The molecule has 0 radical (unpaired) electrons. The maximum atomic E-state index is 9.68. The number of aliphatic hydroxyl groups is 1. The molecule has 2 heteroatoms. The van der Waals surface area contributed by atoms with E-state index in [0.717, 1.165) is 17.4 Å². The Labute approximate surface area is 126 Å². The molecule has 21 heavy (non-hydrogen) atoms. The molecule has 2 nitrogen and oxygen atoms in total. The highest BCUT2D eigenvalue weighted by molar-refractivity contribution is 5.89. The SMILES string of the molecule is C=C(O)c1ccc2c(C3CCCC3)c(C3CC3)n(C)c2c1. The van der Waals surface area contributed by atoms with Crippen LogP contribution in [0.1, 0.15) is 67.2 Å². The number of hydrogen-bond acceptors (Lipinski definition) is 1. The molecule has 4 rings (SSSR count). The van der Waals surface area contributed by atoms with Crippen LogP contribution in [-0.4, -0.2) is 9.67 Å². The lowest BCUT2D eigenvalue weighted by Gasteiger charge is -2.12. The van der Waals surface area contributed by atoms with Crippen LogP contribution in [0, 0.1) is 0 Å². The van der Waals surface area contributed by atoms with Crippen molar-refractivity contribution in [3.05, 3.63) is 41.6 Å². The molecule has 0 saturated heterocycles. The number of aromatic nitrogens is 1. The van der Waals surface area contributed by atoms with Crippen LogP contribution in [-0.2, 0) is 7.05 Å². The van der Waals surface area contributed by atoms with Crippen LogP contribution in [0.3, 0.4) is 0 Å². The Hall–Kier alpha value is -1.70. The van der Waals surface area contributed by atoms with Gasteiger partial charge in [-0.15, -0.1) is 0 Å². The second-order valence-corrected chi connectivity index (χ2v) is 6.79. The van der Waals surface area contributed by atoms with E-state index in [2.05, 4.69) is 30.3 Å². The average Bonchev–Trinajstić information content (AvgIpc) is 3.08. The zero-order chi connectivity index (χ0) is 14.6. The van der Waals surface area contributed by atoms with Crippen molar-refractivity contribution in [3.63, 3.8) is 0 Å². The monoisotopic (exact) mass is 281 g/mol. The van der Waals surface area contributed by atoms with Gasteiger partial charge < -0.3 is 9.67 Å². The molecular formula is C19H23NO. The molecule has 1 N–H and O–H groups in total. The van der Waals surface area contributed by atoms with Crippen LogP contribution >= 0.6 is 0 Å². The maximum absolute atomic E-state index is 9.68. The summed E-state index contributed by atoms with van der Waals surface area (Å²) in [5, 5.41) is 11.1. The van der Waals surface area contributed by atoms with Crippen molar-refractivity contribution in [1.29, 1.82) is 0 Å². The highest BCUT2D eigenvalue weighted by Gasteiger charge is 2.34. The number of fused-ring (bicyclic) bond motifs is 1. The molecule has 2 aromatic rings. The van der Waals surface area contributed by atoms with E-state index in [4.69, 9.17) is 0 Å². The minimum atomic E-state index is 0.161. The fourth-order valence-electron chi connectivity index (χ4n) is 4.16. The summed E-state index contributed by atoms with van der Waals surface area (Å²) < 4.78 is 2.38. The number of aliphatic hydroxyl groups excluding tert-OH is 1. The fourth-order valence-corrected chi connectivity index (χ4v) is 4.16. The second kappa shape index (κ2) is 4.66. The van der Waals surface area contributed by atoms with E-state index in [1.165, 1.54) is 49.4 Å². The fraction of sp³-hybridized carbons (Fsp3) is 0.474. The third-order valence-electron chi connectivity index (χ3n) is 5.35. The molecule has 1 aromatic heterocycles. The first kappa shape index (κ1) is 13.0. The Bertz CT molecular complexity index is 715. The average molecular weight is 281 g/mol. The molecule has 0 amide bonds. The molecule has 0 unspecified atom stereocenters. The van der Waals surface area contributed by atoms with Crippen molar-refractivity contribution in [3.8, 4) is 0 Å². The summed E-state index contributed by atoms with van der Waals surface area (Å²) >= 11 is 0. The number of benzene rings is 1. The van der Waals surface area contributed by atoms with Gasteiger partial charge in [0.25, 0.3) is 0 Å². The smallest absolute Gasteiger partial charge is 0.115 e. The molecule has 2 aliphatic carbocycles. The zero-order valence-electron chi connectivity index (χ0n) is 12.7. The van der Waals surface area contributed by atoms with Crippen molar-refractivity contribution >= 4 is 16.7 Å². The normalized spacial score (nSPS) is 19.5. The Kier molecular flexibility index (Phi) is 2.88. The summed E-state index contributed by atoms with van der Waals surface area (Å²) in [6, 6.07) is 6.31. The number of nitrogens with zero attached hydrogens (tertiary/aromatic N) is 1. The lowest BCUT2D eigenvalue weighted by atomic mass is 9.92. The Morgan fingerprint density at radius 3 is 2.48 bits per heavy atom. The Morgan fingerprint density at radius 1 is 1.14 bits per heavy atom. The van der Waals surface area contributed by atoms with Crippen molar-refractivity contribution in [2.45, 2.75) is 50.4 Å². The zero-order valence-corrected chi connectivity index (χ0v) is 12.7. The highest BCUT2D eigenvalue weighted by Crippen LogP contribution is 2.49. The van der Waals surface area contributed by atoms with E-state index in [-0.39, 0.29) is 5.76 Å². The van der Waals surface area contributed by atoms with Crippen LogP contribution in [0.5, 0.6) is 0 Å². The van der Waals surface area contributed by atoms with Gasteiger partial charge in [0, 0.05) is 29.2 Å². The van der Waals surface area contributed by atoms with E-state index in [1.54, 1.807) is 11.3 Å². The third kappa shape index (κ3) is 2.00. The minimum Gasteiger partial charge on any atom is -0.508 e. The summed E-state index contributed by atoms with van der Waals surface area (Å²) in [5.74, 6) is 1.67. The van der Waals surface area contributed by atoms with E-state index in [0.29, 0.717) is 0 Å². The summed E-state index contributed by atoms with van der Waals surface area (Å²) in [6.07, 6.45) is 8.10.